The molecular weight excluding hydrogens is 202 g/mol. The van der Waals surface area contributed by atoms with Crippen LogP contribution in [0.15, 0.2) is 24.3 Å². The summed E-state index contributed by atoms with van der Waals surface area (Å²) >= 11 is 0. The van der Waals surface area contributed by atoms with Gasteiger partial charge in [-0.2, -0.15) is 0 Å². The number of phenolic OH excluding ortho intramolecular Hbond substituents is 1. The minimum Gasteiger partial charge on any atom is -0.508 e. The van der Waals surface area contributed by atoms with E-state index < -0.39 is 0 Å². The lowest BCUT2D eigenvalue weighted by molar-refractivity contribution is 0.268. The van der Waals surface area contributed by atoms with Crippen LogP contribution in [0.2, 0.25) is 0 Å². The second kappa shape index (κ2) is 5.75. The van der Waals surface area contributed by atoms with Crippen molar-refractivity contribution in [1.29, 1.82) is 0 Å². The van der Waals surface area contributed by atoms with Crippen LogP contribution in [0.5, 0.6) is 11.5 Å². The van der Waals surface area contributed by atoms with E-state index in [1.165, 1.54) is 19.3 Å². The number of rotatable bonds is 4. The van der Waals surface area contributed by atoms with Gasteiger partial charge in [-0.3, -0.25) is 0 Å². The molecule has 1 aromatic rings. The van der Waals surface area contributed by atoms with E-state index in [-0.39, 0.29) is 5.75 Å². The molecule has 0 spiro atoms. The Morgan fingerprint density at radius 3 is 2.75 bits per heavy atom. The summed E-state index contributed by atoms with van der Waals surface area (Å²) in [6.45, 7) is 1.88. The van der Waals surface area contributed by atoms with Crippen molar-refractivity contribution in [3.63, 3.8) is 0 Å². The van der Waals surface area contributed by atoms with Crippen molar-refractivity contribution in [2.45, 2.75) is 31.7 Å². The maximum Gasteiger partial charge on any atom is 0.119 e. The van der Waals surface area contributed by atoms with Gasteiger partial charge in [0.15, 0.2) is 0 Å². The molecule has 0 radical (unpaired) electrons. The molecule has 1 aliphatic rings. The Kier molecular flexibility index (Phi) is 4.05. The molecule has 0 amide bonds. The quantitative estimate of drug-likeness (QED) is 0.819. The third-order valence-electron chi connectivity index (χ3n) is 2.98. The predicted octanol–water partition coefficient (Wildman–Crippen LogP) is 2.30. The molecule has 2 rings (SSSR count). The fourth-order valence-electron chi connectivity index (χ4n) is 2.03. The average molecular weight is 221 g/mol. The van der Waals surface area contributed by atoms with Gasteiger partial charge in [-0.25, -0.2) is 0 Å². The highest BCUT2D eigenvalue weighted by atomic mass is 16.5. The van der Waals surface area contributed by atoms with Crippen molar-refractivity contribution in [1.82, 2.24) is 5.32 Å². The number of hydrogen-bond acceptors (Lipinski definition) is 3. The summed E-state index contributed by atoms with van der Waals surface area (Å²) in [4.78, 5) is 0. The summed E-state index contributed by atoms with van der Waals surface area (Å²) in [6, 6.07) is 7.50. The second-order valence-electron chi connectivity index (χ2n) is 4.28. The van der Waals surface area contributed by atoms with Crippen molar-refractivity contribution in [2.24, 2.45) is 0 Å². The lowest BCUT2D eigenvalue weighted by Gasteiger charge is -2.23. The smallest absolute Gasteiger partial charge is 0.119 e. The van der Waals surface area contributed by atoms with Crippen molar-refractivity contribution < 1.29 is 9.84 Å². The van der Waals surface area contributed by atoms with Gasteiger partial charge in [0.1, 0.15) is 11.5 Å². The van der Waals surface area contributed by atoms with Gasteiger partial charge in [0.25, 0.3) is 0 Å². The van der Waals surface area contributed by atoms with Gasteiger partial charge in [0, 0.05) is 6.04 Å². The number of phenols is 1. The number of benzene rings is 1. The molecule has 1 fully saturated rings. The maximum atomic E-state index is 9.12. The standard InChI is InChI=1S/C13H19NO2/c15-12-4-6-13(7-5-12)16-10-8-11-3-1-2-9-14-11/h4-7,11,14-15H,1-3,8-10H2. The fraction of sp³-hybridized carbons (Fsp3) is 0.538. The van der Waals surface area contributed by atoms with Gasteiger partial charge in [0.05, 0.1) is 6.61 Å². The minimum atomic E-state index is 0.279. The molecule has 0 saturated carbocycles. The third-order valence-corrected chi connectivity index (χ3v) is 2.98. The van der Waals surface area contributed by atoms with Crippen LogP contribution in [-0.2, 0) is 0 Å². The normalized spacial score (nSPS) is 20.6. The number of aromatic hydroxyl groups is 1. The molecule has 3 nitrogen and oxygen atoms in total. The first-order chi connectivity index (χ1) is 7.84. The molecule has 3 heteroatoms. The first-order valence-electron chi connectivity index (χ1n) is 6.00. The van der Waals surface area contributed by atoms with Crippen molar-refractivity contribution >= 4 is 0 Å². The summed E-state index contributed by atoms with van der Waals surface area (Å²) in [5.74, 6) is 1.11. The van der Waals surface area contributed by atoms with Gasteiger partial charge >= 0.3 is 0 Å². The first kappa shape index (κ1) is 11.3. The molecule has 1 aromatic carbocycles. The van der Waals surface area contributed by atoms with E-state index in [0.29, 0.717) is 6.04 Å². The Bertz CT molecular complexity index is 304. The van der Waals surface area contributed by atoms with Crippen LogP contribution in [0.4, 0.5) is 0 Å². The maximum absolute atomic E-state index is 9.12. The van der Waals surface area contributed by atoms with Crippen LogP contribution < -0.4 is 10.1 Å². The molecule has 1 atom stereocenters. The van der Waals surface area contributed by atoms with Crippen molar-refractivity contribution in [3.8, 4) is 11.5 Å². The summed E-state index contributed by atoms with van der Waals surface area (Å²) in [5.41, 5.74) is 0. The van der Waals surface area contributed by atoms with E-state index in [2.05, 4.69) is 5.32 Å². The molecular formula is C13H19NO2. The molecule has 0 aliphatic carbocycles. The molecule has 1 heterocycles. The molecule has 0 bridgehead atoms. The Labute approximate surface area is 96.4 Å². The van der Waals surface area contributed by atoms with Gasteiger partial charge < -0.3 is 15.2 Å². The highest BCUT2D eigenvalue weighted by Crippen LogP contribution is 2.17. The SMILES string of the molecule is Oc1ccc(OCCC2CCCCN2)cc1. The Balaban J connectivity index is 1.69. The van der Waals surface area contributed by atoms with Gasteiger partial charge in [-0.1, -0.05) is 6.42 Å². The van der Waals surface area contributed by atoms with Crippen LogP contribution in [0, 0.1) is 0 Å². The largest absolute Gasteiger partial charge is 0.508 e. The Hall–Kier alpha value is -1.22. The fourth-order valence-corrected chi connectivity index (χ4v) is 2.03. The van der Waals surface area contributed by atoms with Crippen molar-refractivity contribution in [2.75, 3.05) is 13.2 Å². The number of piperidine rings is 1. The first-order valence-corrected chi connectivity index (χ1v) is 6.00. The lowest BCUT2D eigenvalue weighted by atomic mass is 10.0. The molecule has 2 N–H and O–H groups in total. The van der Waals surface area contributed by atoms with Crippen LogP contribution >= 0.6 is 0 Å². The number of hydrogen-bond donors (Lipinski definition) is 2. The van der Waals surface area contributed by atoms with E-state index in [4.69, 9.17) is 9.84 Å². The third kappa shape index (κ3) is 3.42. The van der Waals surface area contributed by atoms with E-state index in [1.54, 1.807) is 24.3 Å². The summed E-state index contributed by atoms with van der Waals surface area (Å²) in [7, 11) is 0. The molecule has 0 aromatic heterocycles. The monoisotopic (exact) mass is 221 g/mol. The minimum absolute atomic E-state index is 0.279. The molecule has 1 saturated heterocycles. The zero-order valence-electron chi connectivity index (χ0n) is 9.48. The van der Waals surface area contributed by atoms with E-state index in [1.807, 2.05) is 0 Å². The Morgan fingerprint density at radius 2 is 2.06 bits per heavy atom. The topological polar surface area (TPSA) is 41.5 Å². The molecule has 1 unspecified atom stereocenters. The van der Waals surface area contributed by atoms with E-state index >= 15 is 0 Å². The van der Waals surface area contributed by atoms with Crippen LogP contribution in [-0.4, -0.2) is 24.3 Å². The predicted molar refractivity (Wildman–Crippen MR) is 63.9 cm³/mol. The van der Waals surface area contributed by atoms with Gasteiger partial charge in [-0.15, -0.1) is 0 Å². The van der Waals surface area contributed by atoms with Crippen LogP contribution in [0.1, 0.15) is 25.7 Å². The zero-order valence-corrected chi connectivity index (χ0v) is 9.48. The lowest BCUT2D eigenvalue weighted by Crippen LogP contribution is -2.35. The number of ether oxygens (including phenoxy) is 1. The molecule has 88 valence electrons. The second-order valence-corrected chi connectivity index (χ2v) is 4.28. The zero-order chi connectivity index (χ0) is 11.2. The molecule has 16 heavy (non-hydrogen) atoms. The highest BCUT2D eigenvalue weighted by Gasteiger charge is 2.11. The van der Waals surface area contributed by atoms with E-state index in [0.717, 1.165) is 25.3 Å². The van der Waals surface area contributed by atoms with Crippen molar-refractivity contribution in [3.05, 3.63) is 24.3 Å². The molecule has 1 aliphatic heterocycles. The summed E-state index contributed by atoms with van der Waals surface area (Å²) in [5, 5.41) is 12.6. The Morgan fingerprint density at radius 1 is 1.25 bits per heavy atom. The van der Waals surface area contributed by atoms with Gasteiger partial charge in [-0.05, 0) is 50.1 Å². The van der Waals surface area contributed by atoms with Gasteiger partial charge in [0.2, 0.25) is 0 Å². The summed E-state index contributed by atoms with van der Waals surface area (Å²) in [6.07, 6.45) is 4.95. The summed E-state index contributed by atoms with van der Waals surface area (Å²) < 4.78 is 5.61. The van der Waals surface area contributed by atoms with Crippen LogP contribution in [0.3, 0.4) is 0 Å². The van der Waals surface area contributed by atoms with Crippen LogP contribution in [0.25, 0.3) is 0 Å². The highest BCUT2D eigenvalue weighted by molar-refractivity contribution is 5.29. The van der Waals surface area contributed by atoms with E-state index in [9.17, 15) is 0 Å². The average Bonchev–Trinajstić information content (AvgIpc) is 2.33. The number of nitrogens with one attached hydrogen (secondary N) is 1.